The molecule has 0 amide bonds. The average Bonchev–Trinajstić information content (AvgIpc) is 2.81. The Bertz CT molecular complexity index is 1170. The number of nitrogens with zero attached hydrogens (tertiary/aromatic N) is 1. The summed E-state index contributed by atoms with van der Waals surface area (Å²) in [6.07, 6.45) is 2.13. The van der Waals surface area contributed by atoms with Gasteiger partial charge < -0.3 is 25.4 Å². The molecule has 0 heterocycles. The smallest absolute Gasteiger partial charge is 0.341 e. The van der Waals surface area contributed by atoms with Gasteiger partial charge in [-0.05, 0) is 59.4 Å². The minimum absolute atomic E-state index is 0.0167. The molecule has 36 heavy (non-hydrogen) atoms. The van der Waals surface area contributed by atoms with Gasteiger partial charge >= 0.3 is 11.9 Å². The number of carbonyl (C=O) groups is 2. The number of benzene rings is 2. The van der Waals surface area contributed by atoms with E-state index in [9.17, 15) is 19.6 Å². The van der Waals surface area contributed by atoms with Gasteiger partial charge in [-0.15, -0.1) is 0 Å². The second-order valence-corrected chi connectivity index (χ2v) is 11.0. The van der Waals surface area contributed by atoms with E-state index in [1.54, 1.807) is 0 Å². The molecule has 1 aliphatic carbocycles. The third-order valence-corrected chi connectivity index (χ3v) is 6.98. The number of carboxylic acid groups (broad SMARTS) is 1. The third kappa shape index (κ3) is 5.67. The Morgan fingerprint density at radius 2 is 1.72 bits per heavy atom. The highest BCUT2D eigenvalue weighted by atomic mass is 16.5. The van der Waals surface area contributed by atoms with Crippen molar-refractivity contribution in [1.82, 2.24) is 0 Å². The molecule has 2 aromatic carbocycles. The van der Waals surface area contributed by atoms with E-state index in [0.29, 0.717) is 0 Å². The topological polar surface area (TPSA) is 149 Å². The molecule has 0 saturated carbocycles. The Morgan fingerprint density at radius 1 is 1.08 bits per heavy atom. The van der Waals surface area contributed by atoms with Crippen LogP contribution < -0.4 is 10.5 Å². The normalized spacial score (nSPS) is 18.3. The van der Waals surface area contributed by atoms with E-state index in [4.69, 9.17) is 20.3 Å². The summed E-state index contributed by atoms with van der Waals surface area (Å²) < 4.78 is 10.6. The summed E-state index contributed by atoms with van der Waals surface area (Å²) in [7, 11) is 0. The number of rotatable bonds is 9. The van der Waals surface area contributed by atoms with Crippen LogP contribution in [0.2, 0.25) is 0 Å². The van der Waals surface area contributed by atoms with Crippen molar-refractivity contribution >= 4 is 11.9 Å². The summed E-state index contributed by atoms with van der Waals surface area (Å²) >= 11 is 0. The molecule has 3 rings (SSSR count). The molecule has 1 aliphatic rings. The number of carboxylic acids is 1. The second kappa shape index (κ2) is 9.89. The number of fused-ring (bicyclic) bond motifs is 1. The molecule has 9 heteroatoms. The van der Waals surface area contributed by atoms with Crippen molar-refractivity contribution in [3.8, 4) is 11.5 Å². The van der Waals surface area contributed by atoms with Crippen LogP contribution in [0, 0.1) is 4.91 Å². The number of ether oxygens (including phenoxy) is 2. The third-order valence-electron chi connectivity index (χ3n) is 6.98. The second-order valence-electron chi connectivity index (χ2n) is 11.0. The van der Waals surface area contributed by atoms with Crippen LogP contribution in [0.4, 0.5) is 0 Å². The molecule has 0 saturated heterocycles. The fourth-order valence-corrected chi connectivity index (χ4v) is 4.31. The van der Waals surface area contributed by atoms with Crippen molar-refractivity contribution in [2.45, 2.75) is 69.9 Å². The molecule has 0 aliphatic heterocycles. The van der Waals surface area contributed by atoms with Gasteiger partial charge in [0.15, 0.2) is 6.04 Å². The van der Waals surface area contributed by atoms with Crippen molar-refractivity contribution in [3.05, 3.63) is 63.6 Å². The molecule has 2 atom stereocenters. The number of hydrogen-bond donors (Lipinski definition) is 3. The number of carbonyl (C=O) groups excluding carboxylic acids is 1. The molecule has 2 unspecified atom stereocenters. The van der Waals surface area contributed by atoms with Crippen LogP contribution in [0.25, 0.3) is 0 Å². The zero-order chi connectivity index (χ0) is 26.9. The summed E-state index contributed by atoms with van der Waals surface area (Å²) in [6.45, 7) is 9.45. The van der Waals surface area contributed by atoms with E-state index < -0.39 is 35.9 Å². The van der Waals surface area contributed by atoms with E-state index in [1.807, 2.05) is 12.1 Å². The molecule has 194 valence electrons. The van der Waals surface area contributed by atoms with Crippen LogP contribution in [-0.4, -0.2) is 40.9 Å². The lowest BCUT2D eigenvalue weighted by atomic mass is 9.63. The van der Waals surface area contributed by atoms with Gasteiger partial charge in [-0.25, -0.2) is 4.79 Å². The molecule has 0 spiro atoms. The Morgan fingerprint density at radius 3 is 2.31 bits per heavy atom. The van der Waals surface area contributed by atoms with Crippen LogP contribution in [-0.2, 0) is 20.4 Å². The monoisotopic (exact) mass is 498 g/mol. The zero-order valence-electron chi connectivity index (χ0n) is 21.3. The average molecular weight is 499 g/mol. The van der Waals surface area contributed by atoms with Gasteiger partial charge in [0.2, 0.25) is 0 Å². The van der Waals surface area contributed by atoms with Gasteiger partial charge in [-0.2, -0.15) is 4.91 Å². The Balaban J connectivity index is 1.71. The lowest BCUT2D eigenvalue weighted by Gasteiger charge is -2.42. The van der Waals surface area contributed by atoms with Crippen molar-refractivity contribution in [1.29, 1.82) is 0 Å². The van der Waals surface area contributed by atoms with Crippen molar-refractivity contribution in [2.75, 3.05) is 13.2 Å². The largest absolute Gasteiger partial charge is 0.507 e. The molecule has 0 bridgehead atoms. The Hall–Kier alpha value is -3.46. The first kappa shape index (κ1) is 27.1. The van der Waals surface area contributed by atoms with Crippen LogP contribution >= 0.6 is 0 Å². The van der Waals surface area contributed by atoms with E-state index in [-0.39, 0.29) is 28.7 Å². The van der Waals surface area contributed by atoms with E-state index in [0.717, 1.165) is 18.4 Å². The maximum atomic E-state index is 12.2. The summed E-state index contributed by atoms with van der Waals surface area (Å²) in [5.41, 5.74) is 6.90. The first-order chi connectivity index (χ1) is 16.7. The van der Waals surface area contributed by atoms with Gasteiger partial charge in [-0.3, -0.25) is 4.79 Å². The number of nitroso groups, excluding NO2 is 1. The number of nitrogens with two attached hydrogens (primary N) is 1. The number of hydrogen-bond acceptors (Lipinski definition) is 8. The van der Waals surface area contributed by atoms with Gasteiger partial charge in [0.05, 0.1) is 0 Å². The number of aliphatic carboxylic acids is 1. The molecule has 2 aromatic rings. The molecule has 9 nitrogen and oxygen atoms in total. The number of phenolic OH excluding ortho intramolecular Hbond substituents is 1. The quantitative estimate of drug-likeness (QED) is 0.336. The number of aromatic hydroxyl groups is 1. The zero-order valence-corrected chi connectivity index (χ0v) is 21.3. The predicted octanol–water partition coefficient (Wildman–Crippen LogP) is 4.59. The minimum Gasteiger partial charge on any atom is -0.507 e. The van der Waals surface area contributed by atoms with Crippen LogP contribution in [0.15, 0.2) is 41.6 Å². The predicted molar refractivity (Wildman–Crippen MR) is 134 cm³/mol. The maximum absolute atomic E-state index is 12.2. The lowest BCUT2D eigenvalue weighted by molar-refractivity contribution is -0.144. The van der Waals surface area contributed by atoms with Gasteiger partial charge in [-0.1, -0.05) is 51.1 Å². The minimum atomic E-state index is -1.76. The van der Waals surface area contributed by atoms with E-state index in [2.05, 4.69) is 38.9 Å². The van der Waals surface area contributed by atoms with Crippen LogP contribution in [0.1, 0.15) is 80.6 Å². The highest BCUT2D eigenvalue weighted by Gasteiger charge is 2.37. The van der Waals surface area contributed by atoms with Crippen molar-refractivity contribution in [3.63, 3.8) is 0 Å². The van der Waals surface area contributed by atoms with Crippen LogP contribution in [0.5, 0.6) is 11.5 Å². The van der Waals surface area contributed by atoms with Crippen molar-refractivity contribution < 1.29 is 29.3 Å². The van der Waals surface area contributed by atoms with Gasteiger partial charge in [0.1, 0.15) is 35.8 Å². The lowest BCUT2D eigenvalue weighted by Crippen LogP contribution is -2.49. The SMILES string of the molecule is CC(N)(COC(=O)c1ccc(OCC(N=O)c2ccc3c(c2)C(C)(C)CCC3(C)C)cc1O)C(=O)O. The summed E-state index contributed by atoms with van der Waals surface area (Å²) in [5, 5.41) is 22.5. The highest BCUT2D eigenvalue weighted by Crippen LogP contribution is 2.46. The first-order valence-electron chi connectivity index (χ1n) is 11.8. The molecule has 0 aromatic heterocycles. The molecule has 0 fully saturated rings. The maximum Gasteiger partial charge on any atom is 0.341 e. The van der Waals surface area contributed by atoms with Crippen molar-refractivity contribution in [2.24, 2.45) is 10.9 Å². The molecular formula is C27H34N2O7. The van der Waals surface area contributed by atoms with E-state index >= 15 is 0 Å². The standard InChI is InChI=1S/C27H34N2O7/c1-25(2)10-11-26(3,4)20-12-16(6-9-19(20)25)21(29-34)14-35-17-7-8-18(22(30)13-17)23(31)36-15-27(5,28)24(32)33/h6-9,12-13,21,30H,10-11,14-15,28H2,1-5H3,(H,32,33). The molecule has 0 radical (unpaired) electrons. The fourth-order valence-electron chi connectivity index (χ4n) is 4.31. The molecule has 4 N–H and O–H groups in total. The molecular weight excluding hydrogens is 464 g/mol. The summed E-state index contributed by atoms with van der Waals surface area (Å²) in [4.78, 5) is 35.0. The summed E-state index contributed by atoms with van der Waals surface area (Å²) in [5.74, 6) is -2.44. The van der Waals surface area contributed by atoms with Gasteiger partial charge in [0.25, 0.3) is 0 Å². The Kier molecular flexibility index (Phi) is 7.45. The summed E-state index contributed by atoms with van der Waals surface area (Å²) in [6, 6.07) is 9.22. The Labute approximate surface area is 210 Å². The van der Waals surface area contributed by atoms with Crippen LogP contribution in [0.3, 0.4) is 0 Å². The van der Waals surface area contributed by atoms with Gasteiger partial charge in [0, 0.05) is 6.07 Å². The van der Waals surface area contributed by atoms with E-state index in [1.165, 1.54) is 36.2 Å². The number of phenols is 1. The number of esters is 1. The highest BCUT2D eigenvalue weighted by molar-refractivity contribution is 5.93. The first-order valence-corrected chi connectivity index (χ1v) is 11.8. The fraction of sp³-hybridized carbons (Fsp3) is 0.481.